The molecule has 1 heterocycles. The summed E-state index contributed by atoms with van der Waals surface area (Å²) >= 11 is 11.1. The van der Waals surface area contributed by atoms with E-state index in [2.05, 4.69) is 16.8 Å². The molecule has 4 nitrogen and oxygen atoms in total. The Morgan fingerprint density at radius 2 is 2.31 bits per heavy atom. The molecule has 16 heavy (non-hydrogen) atoms. The minimum absolute atomic E-state index is 0.120. The summed E-state index contributed by atoms with van der Waals surface area (Å²) in [6, 6.07) is 1.33. The molecule has 0 aromatic carbocycles. The van der Waals surface area contributed by atoms with Gasteiger partial charge in [0.05, 0.1) is 16.2 Å². The van der Waals surface area contributed by atoms with E-state index in [1.807, 2.05) is 0 Å². The molecule has 0 aliphatic carbocycles. The van der Waals surface area contributed by atoms with Crippen molar-refractivity contribution in [3.8, 4) is 11.8 Å². The van der Waals surface area contributed by atoms with Gasteiger partial charge in [0.25, 0.3) is 0 Å². The van der Waals surface area contributed by atoms with Gasteiger partial charge in [-0.25, -0.2) is 4.98 Å². The molecule has 0 atom stereocenters. The molecule has 6 heteroatoms. The van der Waals surface area contributed by atoms with Crippen molar-refractivity contribution in [2.75, 3.05) is 5.88 Å². The molecule has 1 aromatic rings. The first-order valence-corrected chi connectivity index (χ1v) is 5.34. The molecule has 1 rings (SSSR count). The maximum absolute atomic E-state index is 10.6. The molecular formula is C10H8Cl2N2O2. The zero-order valence-electron chi connectivity index (χ0n) is 8.46. The third kappa shape index (κ3) is 3.09. The van der Waals surface area contributed by atoms with Gasteiger partial charge >= 0.3 is 5.69 Å². The minimum atomic E-state index is -0.582. The normalized spacial score (nSPS) is 9.44. The molecule has 0 amide bonds. The first kappa shape index (κ1) is 12.8. The van der Waals surface area contributed by atoms with Crippen LogP contribution < -0.4 is 0 Å². The zero-order chi connectivity index (χ0) is 12.1. The lowest BCUT2D eigenvalue weighted by Gasteiger charge is -1.99. The van der Waals surface area contributed by atoms with Crippen molar-refractivity contribution >= 4 is 28.9 Å². The molecule has 84 valence electrons. The van der Waals surface area contributed by atoms with Crippen LogP contribution in [-0.4, -0.2) is 15.8 Å². The largest absolute Gasteiger partial charge is 0.307 e. The van der Waals surface area contributed by atoms with E-state index in [4.69, 9.17) is 23.2 Å². The number of halogens is 2. The van der Waals surface area contributed by atoms with Crippen LogP contribution in [0, 0.1) is 28.9 Å². The molecule has 0 saturated heterocycles. The first-order chi connectivity index (χ1) is 7.56. The standard InChI is InChI=1S/C10H8Cl2N2O2/c1-7-8(4-2-3-5-11)6-9(14(15)16)10(12)13-7/h6H,3,5H2,1H3. The number of alkyl halides is 1. The minimum Gasteiger partial charge on any atom is -0.258 e. The van der Waals surface area contributed by atoms with Crippen LogP contribution in [0.15, 0.2) is 6.07 Å². The van der Waals surface area contributed by atoms with Crippen molar-refractivity contribution in [1.29, 1.82) is 0 Å². The number of nitrogens with zero attached hydrogens (tertiary/aromatic N) is 2. The number of rotatable bonds is 2. The lowest BCUT2D eigenvalue weighted by molar-refractivity contribution is -0.385. The lowest BCUT2D eigenvalue weighted by Crippen LogP contribution is -1.96. The molecule has 0 aliphatic rings. The Hall–Kier alpha value is -1.31. The number of hydrogen-bond acceptors (Lipinski definition) is 3. The SMILES string of the molecule is Cc1nc(Cl)c([N+](=O)[O-])cc1C#CCCCl. The molecule has 0 saturated carbocycles. The van der Waals surface area contributed by atoms with Gasteiger partial charge in [-0.05, 0) is 6.92 Å². The maximum atomic E-state index is 10.6. The predicted molar refractivity (Wildman–Crippen MR) is 62.9 cm³/mol. The van der Waals surface area contributed by atoms with E-state index < -0.39 is 4.92 Å². The topological polar surface area (TPSA) is 56.0 Å². The van der Waals surface area contributed by atoms with Crippen LogP contribution in [0.5, 0.6) is 0 Å². The van der Waals surface area contributed by atoms with Crippen LogP contribution in [0.4, 0.5) is 5.69 Å². The lowest BCUT2D eigenvalue weighted by atomic mass is 10.2. The van der Waals surface area contributed by atoms with Crippen LogP contribution in [0.25, 0.3) is 0 Å². The third-order valence-corrected chi connectivity index (χ3v) is 2.25. The van der Waals surface area contributed by atoms with Crippen LogP contribution >= 0.6 is 23.2 Å². The van der Waals surface area contributed by atoms with Gasteiger partial charge in [0, 0.05) is 18.4 Å². The zero-order valence-corrected chi connectivity index (χ0v) is 9.97. The van der Waals surface area contributed by atoms with E-state index in [-0.39, 0.29) is 10.8 Å². The molecule has 1 aromatic heterocycles. The molecular weight excluding hydrogens is 251 g/mol. The van der Waals surface area contributed by atoms with Crippen LogP contribution in [-0.2, 0) is 0 Å². The number of hydrogen-bond donors (Lipinski definition) is 0. The van der Waals surface area contributed by atoms with E-state index in [0.717, 1.165) is 0 Å². The predicted octanol–water partition coefficient (Wildman–Crippen LogP) is 2.93. The average molecular weight is 259 g/mol. The number of aromatic nitrogens is 1. The van der Waals surface area contributed by atoms with E-state index >= 15 is 0 Å². The third-order valence-electron chi connectivity index (χ3n) is 1.79. The summed E-state index contributed by atoms with van der Waals surface area (Å²) in [4.78, 5) is 13.9. The summed E-state index contributed by atoms with van der Waals surface area (Å²) in [7, 11) is 0. The molecule has 0 radical (unpaired) electrons. The van der Waals surface area contributed by atoms with E-state index in [1.165, 1.54) is 6.07 Å². The molecule has 0 unspecified atom stereocenters. The van der Waals surface area contributed by atoms with Crippen LogP contribution in [0.3, 0.4) is 0 Å². The molecule has 0 N–H and O–H groups in total. The van der Waals surface area contributed by atoms with Crippen LogP contribution in [0.1, 0.15) is 17.7 Å². The Labute approximate surface area is 103 Å². The number of nitro groups is 1. The number of pyridine rings is 1. The van der Waals surface area contributed by atoms with Gasteiger partial charge < -0.3 is 0 Å². The Bertz CT molecular complexity index is 478. The van der Waals surface area contributed by atoms with Crippen molar-refractivity contribution in [2.45, 2.75) is 13.3 Å². The Morgan fingerprint density at radius 3 is 2.88 bits per heavy atom. The second-order valence-electron chi connectivity index (χ2n) is 2.93. The quantitative estimate of drug-likeness (QED) is 0.270. The van der Waals surface area contributed by atoms with Gasteiger partial charge in [0.1, 0.15) is 0 Å². The fraction of sp³-hybridized carbons (Fsp3) is 0.300. The van der Waals surface area contributed by atoms with Gasteiger partial charge in [-0.15, -0.1) is 11.6 Å². The van der Waals surface area contributed by atoms with Gasteiger partial charge in [-0.1, -0.05) is 23.4 Å². The fourth-order valence-corrected chi connectivity index (χ4v) is 1.37. The summed E-state index contributed by atoms with van der Waals surface area (Å²) < 4.78 is 0. The van der Waals surface area contributed by atoms with Crippen molar-refractivity contribution < 1.29 is 4.92 Å². The molecule has 0 fully saturated rings. The fourth-order valence-electron chi connectivity index (χ4n) is 1.02. The summed E-state index contributed by atoms with van der Waals surface area (Å²) in [6.07, 6.45) is 0.525. The van der Waals surface area contributed by atoms with E-state index in [1.54, 1.807) is 6.92 Å². The van der Waals surface area contributed by atoms with Gasteiger partial charge in [-0.2, -0.15) is 0 Å². The Balaban J connectivity index is 3.16. The monoisotopic (exact) mass is 258 g/mol. The van der Waals surface area contributed by atoms with Crippen molar-refractivity contribution in [1.82, 2.24) is 4.98 Å². The second-order valence-corrected chi connectivity index (χ2v) is 3.67. The first-order valence-electron chi connectivity index (χ1n) is 4.42. The summed E-state index contributed by atoms with van der Waals surface area (Å²) in [6.45, 7) is 1.69. The summed E-state index contributed by atoms with van der Waals surface area (Å²) in [5, 5.41) is 10.5. The number of aryl methyl sites for hydroxylation is 1. The van der Waals surface area contributed by atoms with Crippen molar-refractivity contribution in [2.24, 2.45) is 0 Å². The highest BCUT2D eigenvalue weighted by molar-refractivity contribution is 6.31. The van der Waals surface area contributed by atoms with E-state index in [0.29, 0.717) is 23.6 Å². The Kier molecular flexibility index (Phi) is 4.53. The summed E-state index contributed by atoms with van der Waals surface area (Å²) in [5.74, 6) is 5.99. The van der Waals surface area contributed by atoms with Crippen LogP contribution in [0.2, 0.25) is 5.15 Å². The van der Waals surface area contributed by atoms with Gasteiger partial charge in [0.2, 0.25) is 5.15 Å². The maximum Gasteiger partial charge on any atom is 0.307 e. The molecule has 0 spiro atoms. The smallest absolute Gasteiger partial charge is 0.258 e. The van der Waals surface area contributed by atoms with Gasteiger partial charge in [-0.3, -0.25) is 10.1 Å². The average Bonchev–Trinajstić information content (AvgIpc) is 2.21. The highest BCUT2D eigenvalue weighted by Gasteiger charge is 2.15. The molecule has 0 aliphatic heterocycles. The highest BCUT2D eigenvalue weighted by Crippen LogP contribution is 2.24. The van der Waals surface area contributed by atoms with Gasteiger partial charge in [0.15, 0.2) is 0 Å². The van der Waals surface area contributed by atoms with Crippen molar-refractivity contribution in [3.63, 3.8) is 0 Å². The highest BCUT2D eigenvalue weighted by atomic mass is 35.5. The summed E-state index contributed by atoms with van der Waals surface area (Å²) in [5.41, 5.74) is 0.835. The van der Waals surface area contributed by atoms with E-state index in [9.17, 15) is 10.1 Å². The second kappa shape index (κ2) is 5.69. The molecule has 0 bridgehead atoms. The Morgan fingerprint density at radius 1 is 1.62 bits per heavy atom. The van der Waals surface area contributed by atoms with Crippen molar-refractivity contribution in [3.05, 3.63) is 32.6 Å².